The van der Waals surface area contributed by atoms with E-state index in [1.807, 2.05) is 32.9 Å². The van der Waals surface area contributed by atoms with E-state index in [2.05, 4.69) is 84.1 Å². The number of carboxylic acids is 1. The first-order chi connectivity index (χ1) is 42.5. The molecule has 3 saturated heterocycles. The number of nitrogens with two attached hydrogens (primary N) is 1. The van der Waals surface area contributed by atoms with Crippen LogP contribution < -0.4 is 10.6 Å². The number of aliphatic carboxylic acids is 1. The minimum Gasteiger partial charge on any atom is -0.481 e. The first kappa shape index (κ1) is 72.9. The number of fused-ring (bicyclic) bond motifs is 3. The Balaban J connectivity index is 0.000000316. The molecule has 2 aliphatic carbocycles. The van der Waals surface area contributed by atoms with Gasteiger partial charge in [-0.2, -0.15) is 0 Å². The second-order valence-corrected chi connectivity index (χ2v) is 26.5. The Kier molecular flexibility index (Phi) is 29.2. The number of rotatable bonds is 13. The number of carbonyl (C=O) groups excluding carboxylic acids is 4. The molecular formula is C71H108N4O14. The summed E-state index contributed by atoms with van der Waals surface area (Å²) >= 11 is 0. The molecule has 14 atom stereocenters. The largest absolute Gasteiger partial charge is 0.481 e. The number of aliphatic hydroxyl groups is 3. The number of carbonyl (C=O) groups is 5. The number of piperidine rings is 2. The van der Waals surface area contributed by atoms with Crippen molar-refractivity contribution >= 4 is 35.1 Å². The number of allylic oxidation sites excluding steroid dienone is 4. The number of para-hydroxylation sites is 1. The van der Waals surface area contributed by atoms with Gasteiger partial charge in [0.05, 0.1) is 36.4 Å². The van der Waals surface area contributed by atoms with Gasteiger partial charge in [-0.1, -0.05) is 93.1 Å². The smallest absolute Gasteiger partial charge is 0.329 e. The van der Waals surface area contributed by atoms with Crippen molar-refractivity contribution in [2.45, 2.75) is 211 Å². The van der Waals surface area contributed by atoms with Crippen molar-refractivity contribution in [2.75, 3.05) is 59.5 Å². The van der Waals surface area contributed by atoms with E-state index < -0.39 is 89.8 Å². The number of amides is 1. The van der Waals surface area contributed by atoms with E-state index >= 15 is 0 Å². The fraction of sp³-hybridized carbons (Fsp3) is 0.676. The van der Waals surface area contributed by atoms with E-state index in [-0.39, 0.29) is 55.4 Å². The third kappa shape index (κ3) is 20.4. The van der Waals surface area contributed by atoms with Crippen LogP contribution in [0.4, 0.5) is 5.69 Å². The fourth-order valence-electron chi connectivity index (χ4n) is 14.2. The molecule has 8 rings (SSSR count). The number of ether oxygens (including phenoxy) is 5. The van der Waals surface area contributed by atoms with E-state index in [9.17, 15) is 39.3 Å². The molecule has 18 nitrogen and oxygen atoms in total. The molecule has 0 spiro atoms. The lowest BCUT2D eigenvalue weighted by Crippen LogP contribution is -2.64. The van der Waals surface area contributed by atoms with Crippen molar-refractivity contribution < 1.29 is 68.1 Å². The maximum absolute atomic E-state index is 14.3. The van der Waals surface area contributed by atoms with Crippen molar-refractivity contribution in [1.82, 2.24) is 9.80 Å². The van der Waals surface area contributed by atoms with Gasteiger partial charge in [-0.3, -0.25) is 19.2 Å². The van der Waals surface area contributed by atoms with Crippen molar-refractivity contribution in [2.24, 2.45) is 47.2 Å². The van der Waals surface area contributed by atoms with Crippen molar-refractivity contribution in [3.8, 4) is 0 Å². The van der Waals surface area contributed by atoms with Crippen molar-refractivity contribution in [3.05, 3.63) is 102 Å². The molecule has 2 bridgehead atoms. The summed E-state index contributed by atoms with van der Waals surface area (Å²) in [5.74, 6) is -7.92. The number of methoxy groups -OCH3 is 3. The highest BCUT2D eigenvalue weighted by molar-refractivity contribution is 6.39. The van der Waals surface area contributed by atoms with E-state index in [1.54, 1.807) is 27.0 Å². The van der Waals surface area contributed by atoms with Crippen LogP contribution >= 0.6 is 0 Å². The third-order valence-electron chi connectivity index (χ3n) is 19.8. The second kappa shape index (κ2) is 35.6. The molecule has 2 aromatic rings. The van der Waals surface area contributed by atoms with Crippen molar-refractivity contribution in [1.29, 1.82) is 0 Å². The number of benzene rings is 2. The number of anilines is 1. The molecule has 1 amide bonds. The lowest BCUT2D eigenvalue weighted by atomic mass is 9.81. The Morgan fingerprint density at radius 1 is 0.798 bits per heavy atom. The zero-order chi connectivity index (χ0) is 65.0. The Hall–Kier alpha value is -5.15. The van der Waals surface area contributed by atoms with Crippen LogP contribution in [-0.2, 0) is 54.2 Å². The molecule has 89 heavy (non-hydrogen) atoms. The van der Waals surface area contributed by atoms with Crippen LogP contribution in [0.2, 0.25) is 0 Å². The summed E-state index contributed by atoms with van der Waals surface area (Å²) in [7, 11) is 6.83. The summed E-state index contributed by atoms with van der Waals surface area (Å²) in [5.41, 5.74) is 9.82. The molecule has 18 heteroatoms. The average Bonchev–Trinajstić information content (AvgIpc) is 0.987. The van der Waals surface area contributed by atoms with Crippen molar-refractivity contribution in [3.63, 3.8) is 0 Å². The summed E-state index contributed by atoms with van der Waals surface area (Å²) in [6, 6.07) is 21.2. The third-order valence-corrected chi connectivity index (χ3v) is 19.8. The molecule has 496 valence electrons. The quantitative estimate of drug-likeness (QED) is 0.0712. The molecule has 2 saturated carbocycles. The van der Waals surface area contributed by atoms with Gasteiger partial charge in [-0.15, -0.1) is 6.58 Å². The number of cyclic esters (lactones) is 1. The van der Waals surface area contributed by atoms with Crippen LogP contribution in [0, 0.1) is 41.4 Å². The Labute approximate surface area is 530 Å². The first-order valence-electron chi connectivity index (χ1n) is 32.9. The minimum atomic E-state index is -2.51. The summed E-state index contributed by atoms with van der Waals surface area (Å²) in [4.78, 5) is 73.4. The minimum absolute atomic E-state index is 0.00988. The van der Waals surface area contributed by atoms with Gasteiger partial charge in [0.2, 0.25) is 5.79 Å². The summed E-state index contributed by atoms with van der Waals surface area (Å²) < 4.78 is 29.7. The van der Waals surface area contributed by atoms with Gasteiger partial charge in [-0.25, -0.2) is 4.79 Å². The zero-order valence-electron chi connectivity index (χ0n) is 54.8. The summed E-state index contributed by atoms with van der Waals surface area (Å²) in [6.45, 7) is 17.2. The van der Waals surface area contributed by atoms with Crippen LogP contribution in [-0.4, -0.2) is 175 Å². The maximum Gasteiger partial charge on any atom is 0.329 e. The molecule has 0 aromatic heterocycles. The van der Waals surface area contributed by atoms with E-state index in [4.69, 9.17) is 34.5 Å². The first-order valence-corrected chi connectivity index (χ1v) is 32.9. The maximum atomic E-state index is 14.3. The molecule has 6 aliphatic rings. The van der Waals surface area contributed by atoms with Gasteiger partial charge in [-0.05, 0) is 184 Å². The fourth-order valence-corrected chi connectivity index (χ4v) is 14.2. The van der Waals surface area contributed by atoms with Crippen LogP contribution in [0.3, 0.4) is 0 Å². The number of carboxylic acid groups (broad SMARTS) is 1. The Morgan fingerprint density at radius 3 is 2.03 bits per heavy atom. The van der Waals surface area contributed by atoms with Gasteiger partial charge in [0, 0.05) is 70.3 Å². The molecule has 0 radical (unpaired) electrons. The highest BCUT2D eigenvalue weighted by atomic mass is 16.7. The Morgan fingerprint density at radius 2 is 1.43 bits per heavy atom. The van der Waals surface area contributed by atoms with Gasteiger partial charge in [0.15, 0.2) is 0 Å². The summed E-state index contributed by atoms with van der Waals surface area (Å²) in [6.07, 6.45) is 11.0. The van der Waals surface area contributed by atoms with Crippen LogP contribution in [0.1, 0.15) is 149 Å². The second-order valence-electron chi connectivity index (χ2n) is 26.5. The topological polar surface area (TPSA) is 248 Å². The predicted molar refractivity (Wildman–Crippen MR) is 344 cm³/mol. The lowest BCUT2D eigenvalue weighted by molar-refractivity contribution is -0.302. The van der Waals surface area contributed by atoms with Crippen LogP contribution in [0.15, 0.2) is 96.6 Å². The van der Waals surface area contributed by atoms with Crippen LogP contribution in [0.25, 0.3) is 0 Å². The van der Waals surface area contributed by atoms with Gasteiger partial charge in [0.25, 0.3) is 11.7 Å². The monoisotopic (exact) mass is 1240 g/mol. The number of nitrogens with zero attached hydrogens (tertiary/aromatic N) is 3. The molecule has 4 heterocycles. The lowest BCUT2D eigenvalue weighted by Gasteiger charge is -2.47. The number of ketones is 2. The van der Waals surface area contributed by atoms with E-state index in [0.29, 0.717) is 75.4 Å². The standard InChI is InChI=1S/C44H69NO12.C19H24N2.C8H15NO2/c1-10-13-31-19-25(2)18-26(3)20-37(54-8)40-38(55-9)22-28(5)44(52,57-40)41(49)42(50)45-17-12-11-14-32(45)43(51)56-39(29(6)34(47)24-35(31)48)27(4)21-30-15-16-33(46)36(23-30)53-7;1-20-14-12-19(13-15-20)21(18-10-6-3-7-11-18)16-17-8-4-2-5-9-17;9-5-6-1-3-7(4-2-6)8(10)11/h10,19,21,26,28-34,36-40,46-47,52H,1,11-18,20,22-24H2,2-9H3;2-11,19H,12-16H2,1H3;6-7H,1-5,9H2,(H,10,11)/b25-19+,27-21+;;/t26-,28+,29+,30-,31+,32-,33+,34-,36+,37-,38-,39+,40+,44+;;6-,7-/m0../s1. The molecule has 5 fully saturated rings. The van der Waals surface area contributed by atoms with Gasteiger partial charge < -0.3 is 64.5 Å². The average molecular weight is 1240 g/mol. The number of hydrogen-bond acceptors (Lipinski definition) is 16. The number of hydrogen-bond donors (Lipinski definition) is 5. The predicted octanol–water partition coefficient (Wildman–Crippen LogP) is 9.26. The number of esters is 1. The number of likely N-dealkylation sites (tertiary alicyclic amines) is 1. The Bertz CT molecular complexity index is 2610. The molecule has 4 aliphatic heterocycles. The highest BCUT2D eigenvalue weighted by Crippen LogP contribution is 2.40. The molecule has 2 aromatic carbocycles. The summed E-state index contributed by atoms with van der Waals surface area (Å²) in [5, 5.41) is 42.8. The normalized spacial score (nSPS) is 34.1. The van der Waals surface area contributed by atoms with Crippen LogP contribution in [0.5, 0.6) is 0 Å². The molecule has 0 unspecified atom stereocenters. The SMILES string of the molecule is C=CC[C@@H]1/C=C(\C)C[C@H](C)C[C@H](OC)[C@H]2O[C@@](O)(C(=O)C(=O)N3CCCC[C@H]3C(=O)O[C@H](/C(C)=C/[C@@H]3CC[C@@H](O)[C@H](OC)C3)[C@H](C)[C@@H](O)CC1=O)[C@H](C)C[C@@H]2OC.CN1CCC(N(Cc2ccccc2)c2ccccc2)CC1.NC[C@H]1CC[C@H](C(=O)O)CC1. The molecule has 6 N–H and O–H groups in total. The van der Waals surface area contributed by atoms with E-state index in [1.165, 1.54) is 56.3 Å². The zero-order valence-corrected chi connectivity index (χ0v) is 54.8. The van der Waals surface area contributed by atoms with Gasteiger partial charge in [0.1, 0.15) is 24.0 Å². The highest BCUT2D eigenvalue weighted by Gasteiger charge is 2.57. The number of Topliss-reactive ketones (excluding diaryl/α,β-unsaturated/α-hetero) is 2. The molecular weight excluding hydrogens is 1130 g/mol. The van der Waals surface area contributed by atoms with Gasteiger partial charge >= 0.3 is 11.9 Å². The van der Waals surface area contributed by atoms with E-state index in [0.717, 1.165) is 37.8 Å². The number of aliphatic hydroxyl groups excluding tert-OH is 2.